The second kappa shape index (κ2) is 13.0. The standard InChI is InChI=1S/C52H35N/c1-4-12-36(13-5-1)37-20-28-43(29-21-37)53(50-19-11-10-18-47(50)39-16-8-3-9-17-39)44-30-22-40(23-31-44)46-33-25-42-26-34-48-45(38-14-6-2-7-15-38)32-24-41-27-35-49(46)52(42)51(41)48/h1-35H. The zero-order valence-electron chi connectivity index (χ0n) is 29.2. The number of anilines is 3. The van der Waals surface area contributed by atoms with Crippen molar-refractivity contribution in [1.29, 1.82) is 0 Å². The number of nitrogens with zero attached hydrogens (tertiary/aromatic N) is 1. The molecule has 0 amide bonds. The van der Waals surface area contributed by atoms with E-state index < -0.39 is 0 Å². The van der Waals surface area contributed by atoms with Gasteiger partial charge in [0.25, 0.3) is 0 Å². The van der Waals surface area contributed by atoms with Gasteiger partial charge in [0.2, 0.25) is 0 Å². The first-order valence-electron chi connectivity index (χ1n) is 18.3. The molecule has 0 heterocycles. The van der Waals surface area contributed by atoms with Gasteiger partial charge in [-0.25, -0.2) is 0 Å². The minimum Gasteiger partial charge on any atom is -0.310 e. The molecule has 0 spiro atoms. The van der Waals surface area contributed by atoms with Crippen LogP contribution in [0.2, 0.25) is 0 Å². The van der Waals surface area contributed by atoms with Crippen molar-refractivity contribution in [2.24, 2.45) is 0 Å². The topological polar surface area (TPSA) is 3.24 Å². The zero-order chi connectivity index (χ0) is 35.1. The van der Waals surface area contributed by atoms with E-state index in [0.717, 1.165) is 17.1 Å². The monoisotopic (exact) mass is 673 g/mol. The lowest BCUT2D eigenvalue weighted by Crippen LogP contribution is -2.11. The van der Waals surface area contributed by atoms with Crippen molar-refractivity contribution in [3.8, 4) is 44.5 Å². The Bertz CT molecular complexity index is 2840. The lowest BCUT2D eigenvalue weighted by molar-refractivity contribution is 1.28. The number of benzene rings is 10. The number of rotatable bonds is 7. The van der Waals surface area contributed by atoms with Crippen molar-refractivity contribution in [3.63, 3.8) is 0 Å². The van der Waals surface area contributed by atoms with Crippen LogP contribution in [0.1, 0.15) is 0 Å². The van der Waals surface area contributed by atoms with Gasteiger partial charge in [0.05, 0.1) is 5.69 Å². The van der Waals surface area contributed by atoms with Gasteiger partial charge in [-0.3, -0.25) is 0 Å². The van der Waals surface area contributed by atoms with Crippen LogP contribution >= 0.6 is 0 Å². The molecule has 248 valence electrons. The average molecular weight is 674 g/mol. The number of hydrogen-bond acceptors (Lipinski definition) is 1. The molecule has 10 aromatic rings. The summed E-state index contributed by atoms with van der Waals surface area (Å²) in [5, 5.41) is 7.79. The van der Waals surface area contributed by atoms with Crippen molar-refractivity contribution in [1.82, 2.24) is 0 Å². The molecule has 10 rings (SSSR count). The summed E-state index contributed by atoms with van der Waals surface area (Å²) >= 11 is 0. The third kappa shape index (κ3) is 5.42. The quantitative estimate of drug-likeness (QED) is 0.152. The summed E-state index contributed by atoms with van der Waals surface area (Å²) in [6, 6.07) is 77.1. The first kappa shape index (κ1) is 30.8. The fourth-order valence-electron chi connectivity index (χ4n) is 8.10. The Kier molecular flexibility index (Phi) is 7.55. The highest BCUT2D eigenvalue weighted by Gasteiger charge is 2.19. The van der Waals surface area contributed by atoms with Gasteiger partial charge in [0.1, 0.15) is 0 Å². The van der Waals surface area contributed by atoms with Crippen LogP contribution < -0.4 is 4.90 Å². The smallest absolute Gasteiger partial charge is 0.0540 e. The van der Waals surface area contributed by atoms with Crippen LogP contribution in [0.4, 0.5) is 17.1 Å². The molecular weight excluding hydrogens is 639 g/mol. The second-order valence-electron chi connectivity index (χ2n) is 13.7. The molecule has 0 saturated heterocycles. The summed E-state index contributed by atoms with van der Waals surface area (Å²) in [6.07, 6.45) is 0. The van der Waals surface area contributed by atoms with Crippen LogP contribution in [0.3, 0.4) is 0 Å². The Morgan fingerprint density at radius 2 is 0.623 bits per heavy atom. The first-order valence-corrected chi connectivity index (χ1v) is 18.3. The van der Waals surface area contributed by atoms with Crippen LogP contribution in [-0.4, -0.2) is 0 Å². The molecule has 0 fully saturated rings. The maximum absolute atomic E-state index is 2.39. The Balaban J connectivity index is 1.10. The third-order valence-electron chi connectivity index (χ3n) is 10.6. The molecule has 10 aromatic carbocycles. The van der Waals surface area contributed by atoms with Gasteiger partial charge in [0, 0.05) is 16.9 Å². The van der Waals surface area contributed by atoms with Gasteiger partial charge in [-0.2, -0.15) is 0 Å². The Labute approximate surface area is 310 Å². The molecule has 0 aliphatic rings. The summed E-state index contributed by atoms with van der Waals surface area (Å²) in [5.41, 5.74) is 13.1. The maximum Gasteiger partial charge on any atom is 0.0540 e. The molecule has 0 N–H and O–H groups in total. The highest BCUT2D eigenvalue weighted by atomic mass is 15.1. The molecule has 53 heavy (non-hydrogen) atoms. The fraction of sp³-hybridized carbons (Fsp3) is 0. The molecule has 0 aliphatic heterocycles. The number of hydrogen-bond donors (Lipinski definition) is 0. The van der Waals surface area contributed by atoms with E-state index in [9.17, 15) is 0 Å². The molecule has 0 saturated carbocycles. The minimum atomic E-state index is 1.11. The van der Waals surface area contributed by atoms with E-state index in [2.05, 4.69) is 217 Å². The minimum absolute atomic E-state index is 1.11. The lowest BCUT2D eigenvalue weighted by atomic mass is 9.87. The van der Waals surface area contributed by atoms with Crippen molar-refractivity contribution >= 4 is 49.4 Å². The fourth-order valence-corrected chi connectivity index (χ4v) is 8.10. The zero-order valence-corrected chi connectivity index (χ0v) is 29.2. The van der Waals surface area contributed by atoms with E-state index in [1.807, 2.05) is 0 Å². The Morgan fingerprint density at radius 1 is 0.245 bits per heavy atom. The van der Waals surface area contributed by atoms with E-state index in [1.54, 1.807) is 0 Å². The molecule has 0 aromatic heterocycles. The molecule has 0 aliphatic carbocycles. The van der Waals surface area contributed by atoms with Crippen molar-refractivity contribution in [2.75, 3.05) is 4.90 Å². The number of para-hydroxylation sites is 1. The SMILES string of the molecule is c1ccc(-c2ccc(N(c3ccc(-c4ccc5ccc6c(-c7ccccc7)ccc7ccc4c5c76)cc3)c3ccccc3-c3ccccc3)cc2)cc1. The summed E-state index contributed by atoms with van der Waals surface area (Å²) in [5.74, 6) is 0. The third-order valence-corrected chi connectivity index (χ3v) is 10.6. The Morgan fingerprint density at radius 3 is 1.15 bits per heavy atom. The van der Waals surface area contributed by atoms with Crippen LogP contribution in [-0.2, 0) is 0 Å². The van der Waals surface area contributed by atoms with E-state index in [4.69, 9.17) is 0 Å². The van der Waals surface area contributed by atoms with Crippen molar-refractivity contribution in [2.45, 2.75) is 0 Å². The molecule has 1 heteroatoms. The largest absolute Gasteiger partial charge is 0.310 e. The van der Waals surface area contributed by atoms with Crippen molar-refractivity contribution in [3.05, 3.63) is 212 Å². The van der Waals surface area contributed by atoms with E-state index in [1.165, 1.54) is 76.8 Å². The molecule has 0 unspecified atom stereocenters. The molecule has 0 atom stereocenters. The predicted octanol–water partition coefficient (Wildman–Crippen LogP) is 14.7. The summed E-state index contributed by atoms with van der Waals surface area (Å²) in [4.78, 5) is 2.39. The second-order valence-corrected chi connectivity index (χ2v) is 13.7. The van der Waals surface area contributed by atoms with Gasteiger partial charge < -0.3 is 4.90 Å². The molecule has 0 bridgehead atoms. The normalized spacial score (nSPS) is 11.4. The van der Waals surface area contributed by atoms with Gasteiger partial charge in [-0.05, 0) is 102 Å². The van der Waals surface area contributed by atoms with Gasteiger partial charge >= 0.3 is 0 Å². The average Bonchev–Trinajstić information content (AvgIpc) is 3.24. The maximum atomic E-state index is 2.39. The van der Waals surface area contributed by atoms with Crippen LogP contribution in [0.5, 0.6) is 0 Å². The lowest BCUT2D eigenvalue weighted by Gasteiger charge is -2.28. The highest BCUT2D eigenvalue weighted by Crippen LogP contribution is 2.44. The van der Waals surface area contributed by atoms with Crippen LogP contribution in [0.15, 0.2) is 212 Å². The summed E-state index contributed by atoms with van der Waals surface area (Å²) < 4.78 is 0. The van der Waals surface area contributed by atoms with Gasteiger partial charge in [-0.1, -0.05) is 182 Å². The molecule has 0 radical (unpaired) electrons. The van der Waals surface area contributed by atoms with Gasteiger partial charge in [-0.15, -0.1) is 0 Å². The van der Waals surface area contributed by atoms with Crippen LogP contribution in [0.25, 0.3) is 76.8 Å². The van der Waals surface area contributed by atoms with Gasteiger partial charge in [0.15, 0.2) is 0 Å². The highest BCUT2D eigenvalue weighted by molar-refractivity contribution is 6.27. The van der Waals surface area contributed by atoms with Crippen LogP contribution in [0, 0.1) is 0 Å². The molecular formula is C52H35N. The molecule has 1 nitrogen and oxygen atoms in total. The predicted molar refractivity (Wildman–Crippen MR) is 227 cm³/mol. The van der Waals surface area contributed by atoms with E-state index >= 15 is 0 Å². The first-order chi connectivity index (χ1) is 26.3. The van der Waals surface area contributed by atoms with Crippen molar-refractivity contribution < 1.29 is 0 Å². The van der Waals surface area contributed by atoms with E-state index in [0.29, 0.717) is 0 Å². The summed E-state index contributed by atoms with van der Waals surface area (Å²) in [6.45, 7) is 0. The Hall–Kier alpha value is -6.96. The van der Waals surface area contributed by atoms with E-state index in [-0.39, 0.29) is 0 Å². The summed E-state index contributed by atoms with van der Waals surface area (Å²) in [7, 11) is 0.